The van der Waals surface area contributed by atoms with E-state index in [-0.39, 0.29) is 0 Å². The van der Waals surface area contributed by atoms with Crippen molar-refractivity contribution in [3.63, 3.8) is 0 Å². The second-order valence-corrected chi connectivity index (χ2v) is 20.8. The van der Waals surface area contributed by atoms with Crippen molar-refractivity contribution < 1.29 is 12.3 Å². The van der Waals surface area contributed by atoms with Crippen molar-refractivity contribution in [1.82, 2.24) is 0 Å². The van der Waals surface area contributed by atoms with E-state index in [0.29, 0.717) is 10.5 Å². The summed E-state index contributed by atoms with van der Waals surface area (Å²) in [7, 11) is -8.50. The molecule has 0 aliphatic rings. The van der Waals surface area contributed by atoms with Crippen molar-refractivity contribution in [1.29, 1.82) is 0 Å². The summed E-state index contributed by atoms with van der Waals surface area (Å²) in [6.45, 7) is 0. The van der Waals surface area contributed by atoms with E-state index >= 15 is 0 Å². The van der Waals surface area contributed by atoms with Gasteiger partial charge < -0.3 is 12.3 Å². The second-order valence-electron chi connectivity index (χ2n) is 10.3. The lowest BCUT2D eigenvalue weighted by molar-refractivity contribution is 0.385. The lowest BCUT2D eigenvalue weighted by atomic mass is 10.3. The van der Waals surface area contributed by atoms with Crippen molar-refractivity contribution in [3.8, 4) is 0 Å². The van der Waals surface area contributed by atoms with E-state index in [9.17, 15) is 0 Å². The molecule has 6 aromatic rings. The maximum absolute atomic E-state index is 8.14. The van der Waals surface area contributed by atoms with E-state index in [1.807, 2.05) is 6.07 Å². The quantitative estimate of drug-likeness (QED) is 0.163. The van der Waals surface area contributed by atoms with Gasteiger partial charge >= 0.3 is 17.8 Å². The topological polar surface area (TPSA) is 27.7 Å². The molecule has 0 saturated heterocycles. The lowest BCUT2D eigenvalue weighted by Crippen LogP contribution is -2.79. The molecular weight excluding hydrogens is 593 g/mol. The summed E-state index contributed by atoms with van der Waals surface area (Å²) < 4.78 is 22.1. The normalized spacial score (nSPS) is 12.6. The molecule has 0 fully saturated rings. The average Bonchev–Trinajstić information content (AvgIpc) is 3.11. The Kier molecular flexibility index (Phi) is 9.21. The minimum Gasteiger partial charge on any atom is -0.444 e. The van der Waals surface area contributed by atoms with E-state index in [0.717, 1.165) is 15.6 Å². The number of benzene rings is 6. The van der Waals surface area contributed by atoms with Crippen LogP contribution in [-0.4, -0.2) is 36.6 Å². The number of rotatable bonds is 11. The van der Waals surface area contributed by atoms with Crippen LogP contribution in [-0.2, 0) is 12.3 Å². The van der Waals surface area contributed by atoms with Crippen LogP contribution in [0.4, 0.5) is 0 Å². The predicted octanol–water partition coefficient (Wildman–Crippen LogP) is 2.37. The Morgan fingerprint density at radius 2 is 0.698 bits per heavy atom. The first-order chi connectivity index (χ1) is 21.3. The molecule has 0 radical (unpaired) electrons. The summed E-state index contributed by atoms with van der Waals surface area (Å²) in [5.41, 5.74) is 0. The highest BCUT2D eigenvalue weighted by atomic mass is 28.5. The zero-order valence-corrected chi connectivity index (χ0v) is 29.3. The third-order valence-electron chi connectivity index (χ3n) is 7.70. The van der Waals surface area contributed by atoms with Crippen molar-refractivity contribution in [3.05, 3.63) is 182 Å². The molecule has 0 N–H and O–H groups in total. The Morgan fingerprint density at radius 3 is 1.02 bits per heavy atom. The summed E-state index contributed by atoms with van der Waals surface area (Å²) in [4.78, 5) is 0. The van der Waals surface area contributed by atoms with Crippen LogP contribution in [0.15, 0.2) is 182 Å². The summed E-state index contributed by atoms with van der Waals surface area (Å²) in [6, 6.07) is 63.8. The van der Waals surface area contributed by atoms with Gasteiger partial charge in [0.1, 0.15) is 10.5 Å². The standard InChI is InChI=1S/C36H34O3Si4/c40-37-41(31-19-7-1-8-20-31)38-43(35-27-15-5-16-28-35,36-29-17-6-18-30-36)39-42(32-21-9-2-10-22-32,33-23-11-3-12-24-33)34-25-13-4-14-26-34/h1-30,41H,40H3. The summed E-state index contributed by atoms with van der Waals surface area (Å²) in [5, 5.41) is 6.75. The molecule has 6 rings (SSSR count). The molecule has 0 heterocycles. The van der Waals surface area contributed by atoms with Gasteiger partial charge in [-0.05, 0) is 31.1 Å². The second kappa shape index (κ2) is 13.6. The molecule has 0 aromatic heterocycles. The highest BCUT2D eigenvalue weighted by Gasteiger charge is 2.54. The van der Waals surface area contributed by atoms with Crippen LogP contribution in [0.5, 0.6) is 0 Å². The van der Waals surface area contributed by atoms with E-state index in [2.05, 4.69) is 176 Å². The summed E-state index contributed by atoms with van der Waals surface area (Å²) in [5.74, 6) is 0. The Bertz CT molecular complexity index is 1560. The van der Waals surface area contributed by atoms with Gasteiger partial charge in [-0.15, -0.1) is 0 Å². The summed E-state index contributed by atoms with van der Waals surface area (Å²) >= 11 is 0. The Balaban J connectivity index is 1.69. The van der Waals surface area contributed by atoms with Gasteiger partial charge in [0.25, 0.3) is 8.32 Å². The molecule has 0 aliphatic heterocycles. The van der Waals surface area contributed by atoms with Crippen LogP contribution in [0.3, 0.4) is 0 Å². The van der Waals surface area contributed by atoms with Gasteiger partial charge in [-0.25, -0.2) is 0 Å². The van der Waals surface area contributed by atoms with Crippen molar-refractivity contribution in [2.45, 2.75) is 0 Å². The fourth-order valence-corrected chi connectivity index (χ4v) is 20.7. The SMILES string of the molecule is [SiH3]O[SiH](O[Si](O[Si](c1ccccc1)(c1ccccc1)c1ccccc1)(c1ccccc1)c1ccccc1)c1ccccc1. The highest BCUT2D eigenvalue weighted by molar-refractivity contribution is 7.14. The summed E-state index contributed by atoms with van der Waals surface area (Å²) in [6.07, 6.45) is 0. The molecule has 0 aliphatic carbocycles. The van der Waals surface area contributed by atoms with E-state index < -0.39 is 26.2 Å². The Morgan fingerprint density at radius 1 is 0.395 bits per heavy atom. The third kappa shape index (κ3) is 5.97. The molecule has 6 aromatic carbocycles. The molecule has 3 nitrogen and oxygen atoms in total. The molecule has 7 heteroatoms. The van der Waals surface area contributed by atoms with E-state index in [4.69, 9.17) is 12.3 Å². The van der Waals surface area contributed by atoms with Gasteiger partial charge in [0, 0.05) is 0 Å². The van der Waals surface area contributed by atoms with Crippen molar-refractivity contribution >= 4 is 67.8 Å². The van der Waals surface area contributed by atoms with Crippen LogP contribution >= 0.6 is 0 Å². The molecule has 0 spiro atoms. The van der Waals surface area contributed by atoms with Gasteiger partial charge in [0.15, 0.2) is 0 Å². The predicted molar refractivity (Wildman–Crippen MR) is 188 cm³/mol. The highest BCUT2D eigenvalue weighted by Crippen LogP contribution is 2.20. The largest absolute Gasteiger partial charge is 0.444 e. The first-order valence-corrected chi connectivity index (χ1v) is 20.6. The van der Waals surface area contributed by atoms with Crippen molar-refractivity contribution in [2.24, 2.45) is 0 Å². The van der Waals surface area contributed by atoms with Gasteiger partial charge in [0.2, 0.25) is 0 Å². The average molecular weight is 627 g/mol. The molecule has 0 amide bonds. The van der Waals surface area contributed by atoms with Crippen molar-refractivity contribution in [2.75, 3.05) is 0 Å². The maximum Gasteiger partial charge on any atom is 0.388 e. The molecule has 43 heavy (non-hydrogen) atoms. The zero-order valence-electron chi connectivity index (χ0n) is 24.1. The first-order valence-electron chi connectivity index (χ1n) is 14.5. The van der Waals surface area contributed by atoms with Crippen LogP contribution in [0.2, 0.25) is 0 Å². The maximum atomic E-state index is 8.14. The fourth-order valence-electron chi connectivity index (χ4n) is 5.68. The van der Waals surface area contributed by atoms with Crippen LogP contribution < -0.4 is 31.1 Å². The van der Waals surface area contributed by atoms with Gasteiger partial charge in [-0.2, -0.15) is 0 Å². The molecule has 1 unspecified atom stereocenters. The monoisotopic (exact) mass is 626 g/mol. The van der Waals surface area contributed by atoms with Gasteiger partial charge in [-0.1, -0.05) is 182 Å². The molecular formula is C36H34O3Si4. The Hall–Kier alpha value is -3.93. The number of hydrogen-bond acceptors (Lipinski definition) is 3. The number of hydrogen-bond donors (Lipinski definition) is 0. The van der Waals surface area contributed by atoms with Crippen LogP contribution in [0.1, 0.15) is 0 Å². The van der Waals surface area contributed by atoms with Gasteiger partial charge in [-0.3, -0.25) is 0 Å². The zero-order chi connectivity index (χ0) is 29.4. The molecule has 0 saturated carbocycles. The van der Waals surface area contributed by atoms with Gasteiger partial charge in [0.05, 0.1) is 0 Å². The fraction of sp³-hybridized carbons (Fsp3) is 0. The third-order valence-corrected chi connectivity index (χ3v) is 20.5. The van der Waals surface area contributed by atoms with E-state index in [1.165, 1.54) is 15.6 Å². The van der Waals surface area contributed by atoms with E-state index in [1.54, 1.807) is 0 Å². The first kappa shape index (κ1) is 29.2. The smallest absolute Gasteiger partial charge is 0.388 e. The Labute approximate surface area is 261 Å². The molecule has 1 atom stereocenters. The minimum absolute atomic E-state index is 0.559. The molecule has 0 bridgehead atoms. The minimum atomic E-state index is -3.48. The molecule has 212 valence electrons. The lowest BCUT2D eigenvalue weighted by Gasteiger charge is -2.44. The van der Waals surface area contributed by atoms with Crippen LogP contribution in [0, 0.1) is 0 Å². The van der Waals surface area contributed by atoms with Crippen LogP contribution in [0.25, 0.3) is 0 Å².